The molecule has 1 aromatic heterocycles. The van der Waals surface area contributed by atoms with Crippen molar-refractivity contribution in [2.45, 2.75) is 19.0 Å². The van der Waals surface area contributed by atoms with Crippen LogP contribution < -0.4 is 0 Å². The Balaban J connectivity index is 3.45. The van der Waals surface area contributed by atoms with Crippen molar-refractivity contribution < 1.29 is 22.0 Å². The van der Waals surface area contributed by atoms with Crippen LogP contribution in [-0.4, -0.2) is 4.98 Å². The summed E-state index contributed by atoms with van der Waals surface area (Å²) in [5.74, 6) is 0. The Hall–Kier alpha value is -0.980. The molecule has 0 aliphatic carbocycles. The van der Waals surface area contributed by atoms with E-state index >= 15 is 0 Å². The highest BCUT2D eigenvalue weighted by atomic mass is 127. The minimum atomic E-state index is -4.71. The van der Waals surface area contributed by atoms with Crippen molar-refractivity contribution in [3.05, 3.63) is 26.6 Å². The Labute approximate surface area is 107 Å². The molecule has 0 fully saturated rings. The molecule has 0 aliphatic heterocycles. The minimum Gasteiger partial charge on any atom is -0.240 e. The maximum absolute atomic E-state index is 12.6. The van der Waals surface area contributed by atoms with E-state index in [9.17, 15) is 22.0 Å². The van der Waals surface area contributed by atoms with Gasteiger partial charge < -0.3 is 0 Å². The molecule has 0 radical (unpaired) electrons. The first-order valence-corrected chi connectivity index (χ1v) is 5.27. The lowest BCUT2D eigenvalue weighted by molar-refractivity contribution is -0.139. The summed E-state index contributed by atoms with van der Waals surface area (Å²) < 4.78 is 62.0. The van der Waals surface area contributed by atoms with Gasteiger partial charge in [-0.3, -0.25) is 0 Å². The molecule has 0 aliphatic rings. The lowest BCUT2D eigenvalue weighted by Crippen LogP contribution is -2.14. The molecular weight excluding hydrogens is 358 g/mol. The van der Waals surface area contributed by atoms with Gasteiger partial charge in [-0.1, -0.05) is 0 Å². The molecule has 0 atom stereocenters. The van der Waals surface area contributed by atoms with Crippen LogP contribution in [0.25, 0.3) is 0 Å². The average molecular weight is 362 g/mol. The molecule has 0 N–H and O–H groups in total. The minimum absolute atomic E-state index is 0.477. The zero-order chi connectivity index (χ0) is 13.2. The molecule has 1 rings (SSSR count). The lowest BCUT2D eigenvalue weighted by atomic mass is 10.1. The van der Waals surface area contributed by atoms with Gasteiger partial charge in [0.2, 0.25) is 0 Å². The SMILES string of the molecule is N#CCc1cc(C(F)F)nc(I)c1C(F)(F)F. The third-order valence-corrected chi connectivity index (χ3v) is 2.63. The fourth-order valence-corrected chi connectivity index (χ4v) is 2.15. The summed E-state index contributed by atoms with van der Waals surface area (Å²) in [6.07, 6.45) is -8.27. The molecule has 0 aromatic carbocycles. The topological polar surface area (TPSA) is 36.7 Å². The molecule has 0 unspecified atom stereocenters. The third-order valence-electron chi connectivity index (χ3n) is 1.85. The van der Waals surface area contributed by atoms with E-state index in [0.717, 1.165) is 0 Å². The quantitative estimate of drug-likeness (QED) is 0.457. The number of nitriles is 1. The maximum Gasteiger partial charge on any atom is 0.419 e. The van der Waals surface area contributed by atoms with Crippen LogP contribution in [0, 0.1) is 15.0 Å². The molecule has 0 bridgehead atoms. The summed E-state index contributed by atoms with van der Waals surface area (Å²) in [4.78, 5) is 3.19. The molecule has 0 spiro atoms. The van der Waals surface area contributed by atoms with Crippen LogP contribution in [-0.2, 0) is 12.6 Å². The van der Waals surface area contributed by atoms with E-state index in [2.05, 4.69) is 4.98 Å². The first kappa shape index (κ1) is 14.1. The Bertz CT molecular complexity index is 464. The predicted molar refractivity (Wildman–Crippen MR) is 56.2 cm³/mol. The van der Waals surface area contributed by atoms with E-state index in [4.69, 9.17) is 5.26 Å². The molecule has 1 aromatic rings. The van der Waals surface area contributed by atoms with Gasteiger partial charge in [-0.15, -0.1) is 0 Å². The number of alkyl halides is 5. The number of pyridine rings is 1. The monoisotopic (exact) mass is 362 g/mol. The standard InChI is InChI=1S/C9H4F5IN2/c10-7(11)5-3-4(1-2-16)6(8(15)17-5)9(12,13)14/h3,7H,1H2. The van der Waals surface area contributed by atoms with Gasteiger partial charge in [0, 0.05) is 0 Å². The molecule has 2 nitrogen and oxygen atoms in total. The molecule has 0 amide bonds. The lowest BCUT2D eigenvalue weighted by Gasteiger charge is -2.14. The summed E-state index contributed by atoms with van der Waals surface area (Å²) in [5, 5.41) is 8.40. The zero-order valence-electron chi connectivity index (χ0n) is 8.02. The normalized spacial score (nSPS) is 11.6. The molecule has 8 heteroatoms. The highest BCUT2D eigenvalue weighted by Gasteiger charge is 2.37. The van der Waals surface area contributed by atoms with Gasteiger partial charge in [0.25, 0.3) is 6.43 Å². The summed E-state index contributed by atoms with van der Waals surface area (Å²) in [6.45, 7) is 0. The van der Waals surface area contributed by atoms with E-state index in [-0.39, 0.29) is 0 Å². The van der Waals surface area contributed by atoms with Crippen LogP contribution in [0.5, 0.6) is 0 Å². The van der Waals surface area contributed by atoms with Crippen LogP contribution in [0.1, 0.15) is 23.2 Å². The van der Waals surface area contributed by atoms with Gasteiger partial charge >= 0.3 is 6.18 Å². The van der Waals surface area contributed by atoms with Crippen LogP contribution in [0.4, 0.5) is 22.0 Å². The molecule has 0 saturated heterocycles. The number of hydrogen-bond donors (Lipinski definition) is 0. The van der Waals surface area contributed by atoms with Crippen molar-refractivity contribution in [1.82, 2.24) is 4.98 Å². The van der Waals surface area contributed by atoms with Gasteiger partial charge in [0.1, 0.15) is 9.39 Å². The van der Waals surface area contributed by atoms with Crippen molar-refractivity contribution in [3.8, 4) is 6.07 Å². The molecule has 1 heterocycles. The third kappa shape index (κ3) is 3.24. The van der Waals surface area contributed by atoms with E-state index in [1.807, 2.05) is 0 Å². The van der Waals surface area contributed by atoms with Crippen LogP contribution in [0.3, 0.4) is 0 Å². The van der Waals surface area contributed by atoms with Gasteiger partial charge in [0.15, 0.2) is 0 Å². The predicted octanol–water partition coefficient (Wildman–Crippen LogP) is 3.71. The second-order valence-electron chi connectivity index (χ2n) is 3.01. The van der Waals surface area contributed by atoms with Crippen molar-refractivity contribution in [3.63, 3.8) is 0 Å². The van der Waals surface area contributed by atoms with Crippen molar-refractivity contribution >= 4 is 22.6 Å². The Morgan fingerprint density at radius 2 is 2.00 bits per heavy atom. The van der Waals surface area contributed by atoms with E-state index in [0.29, 0.717) is 6.07 Å². The van der Waals surface area contributed by atoms with E-state index < -0.39 is 39.5 Å². The highest BCUT2D eigenvalue weighted by molar-refractivity contribution is 14.1. The van der Waals surface area contributed by atoms with Gasteiger partial charge in [-0.2, -0.15) is 18.4 Å². The first-order valence-electron chi connectivity index (χ1n) is 4.19. The van der Waals surface area contributed by atoms with Crippen molar-refractivity contribution in [2.75, 3.05) is 0 Å². The zero-order valence-corrected chi connectivity index (χ0v) is 10.2. The largest absolute Gasteiger partial charge is 0.419 e. The van der Waals surface area contributed by atoms with Gasteiger partial charge in [-0.25, -0.2) is 13.8 Å². The van der Waals surface area contributed by atoms with Crippen LogP contribution in [0.15, 0.2) is 6.07 Å². The van der Waals surface area contributed by atoms with Crippen molar-refractivity contribution in [1.29, 1.82) is 5.26 Å². The number of rotatable bonds is 2. The Morgan fingerprint density at radius 3 is 2.41 bits per heavy atom. The summed E-state index contributed by atoms with van der Waals surface area (Å²) in [7, 11) is 0. The van der Waals surface area contributed by atoms with E-state index in [1.54, 1.807) is 0 Å². The molecule has 0 saturated carbocycles. The fraction of sp³-hybridized carbons (Fsp3) is 0.333. The summed E-state index contributed by atoms with van der Waals surface area (Å²) in [5.41, 5.74) is -2.36. The fourth-order valence-electron chi connectivity index (χ4n) is 1.22. The highest BCUT2D eigenvalue weighted by Crippen LogP contribution is 2.36. The second-order valence-corrected chi connectivity index (χ2v) is 4.03. The molecular formula is C9H4F5IN2. The van der Waals surface area contributed by atoms with Crippen LogP contribution in [0.2, 0.25) is 0 Å². The number of nitrogens with zero attached hydrogens (tertiary/aromatic N) is 2. The Kier molecular flexibility index (Phi) is 4.24. The van der Waals surface area contributed by atoms with Gasteiger partial charge in [0.05, 0.1) is 18.1 Å². The number of hydrogen-bond acceptors (Lipinski definition) is 2. The average Bonchev–Trinajstić information content (AvgIpc) is 2.14. The van der Waals surface area contributed by atoms with Crippen molar-refractivity contribution in [2.24, 2.45) is 0 Å². The summed E-state index contributed by atoms with van der Waals surface area (Å²) >= 11 is 1.24. The first-order chi connectivity index (χ1) is 7.77. The second kappa shape index (κ2) is 5.12. The van der Waals surface area contributed by atoms with Crippen LogP contribution >= 0.6 is 22.6 Å². The molecule has 92 valence electrons. The van der Waals surface area contributed by atoms with Gasteiger partial charge in [-0.05, 0) is 34.2 Å². The Morgan fingerprint density at radius 1 is 1.41 bits per heavy atom. The van der Waals surface area contributed by atoms with E-state index in [1.165, 1.54) is 28.7 Å². The number of aromatic nitrogens is 1. The maximum atomic E-state index is 12.6. The smallest absolute Gasteiger partial charge is 0.240 e. The number of halogens is 6. The summed E-state index contributed by atoms with van der Waals surface area (Å²) in [6, 6.07) is 2.14. The molecule has 17 heavy (non-hydrogen) atoms.